The fourth-order valence-electron chi connectivity index (χ4n) is 2.56. The van der Waals surface area contributed by atoms with Crippen molar-refractivity contribution in [2.24, 2.45) is 5.41 Å². The summed E-state index contributed by atoms with van der Waals surface area (Å²) in [6.45, 7) is 5.63. The van der Waals surface area contributed by atoms with Crippen LogP contribution in [0, 0.1) is 5.41 Å². The third-order valence-electron chi connectivity index (χ3n) is 4.16. The van der Waals surface area contributed by atoms with Gasteiger partial charge in [0.15, 0.2) is 6.29 Å². The van der Waals surface area contributed by atoms with Crippen LogP contribution in [0.15, 0.2) is 0 Å². The molecular formula is C17H34O3. The van der Waals surface area contributed by atoms with Gasteiger partial charge in [0.25, 0.3) is 0 Å². The Kier molecular flexibility index (Phi) is 9.49. The lowest BCUT2D eigenvalue weighted by atomic mass is 9.93. The molecule has 1 aliphatic heterocycles. The van der Waals surface area contributed by atoms with E-state index in [1.807, 2.05) is 6.92 Å². The minimum absolute atomic E-state index is 0.0424. The lowest BCUT2D eigenvalue weighted by molar-refractivity contribution is -0.234. The summed E-state index contributed by atoms with van der Waals surface area (Å²) in [6.07, 6.45) is 13.1. The Hall–Kier alpha value is -0.120. The van der Waals surface area contributed by atoms with Crippen molar-refractivity contribution < 1.29 is 14.6 Å². The van der Waals surface area contributed by atoms with Gasteiger partial charge in [0, 0.05) is 5.41 Å². The van der Waals surface area contributed by atoms with Crippen molar-refractivity contribution in [3.63, 3.8) is 0 Å². The van der Waals surface area contributed by atoms with Crippen LogP contribution in [-0.4, -0.2) is 31.2 Å². The van der Waals surface area contributed by atoms with Crippen LogP contribution in [0.5, 0.6) is 0 Å². The van der Waals surface area contributed by atoms with E-state index in [9.17, 15) is 5.11 Å². The Bertz CT molecular complexity index is 222. The maximum atomic E-state index is 9.23. The highest BCUT2D eigenvalue weighted by Crippen LogP contribution is 2.25. The molecule has 3 heteroatoms. The molecule has 0 aromatic carbocycles. The third-order valence-corrected chi connectivity index (χ3v) is 4.16. The van der Waals surface area contributed by atoms with E-state index >= 15 is 0 Å². The summed E-state index contributed by atoms with van der Waals surface area (Å²) in [6, 6.07) is 0. The molecule has 0 aliphatic carbocycles. The molecule has 20 heavy (non-hydrogen) atoms. The molecule has 0 spiro atoms. The number of rotatable bonds is 11. The lowest BCUT2D eigenvalue weighted by Gasteiger charge is -2.36. The lowest BCUT2D eigenvalue weighted by Crippen LogP contribution is -2.42. The maximum Gasteiger partial charge on any atom is 0.157 e. The summed E-state index contributed by atoms with van der Waals surface area (Å²) in [7, 11) is 0. The molecular weight excluding hydrogens is 252 g/mol. The Morgan fingerprint density at radius 1 is 0.900 bits per heavy atom. The number of aliphatic hydroxyl groups excluding tert-OH is 1. The predicted molar refractivity (Wildman–Crippen MR) is 82.7 cm³/mol. The summed E-state index contributed by atoms with van der Waals surface area (Å²) < 4.78 is 11.3. The molecule has 1 fully saturated rings. The average molecular weight is 286 g/mol. The highest BCUT2D eigenvalue weighted by atomic mass is 16.7. The van der Waals surface area contributed by atoms with Crippen LogP contribution in [0.4, 0.5) is 0 Å². The molecule has 1 saturated heterocycles. The maximum absolute atomic E-state index is 9.23. The first-order valence-corrected chi connectivity index (χ1v) is 8.54. The highest BCUT2D eigenvalue weighted by molar-refractivity contribution is 4.75. The molecule has 3 nitrogen and oxygen atoms in total. The van der Waals surface area contributed by atoms with E-state index in [4.69, 9.17) is 9.47 Å². The van der Waals surface area contributed by atoms with Gasteiger partial charge in [-0.2, -0.15) is 0 Å². The van der Waals surface area contributed by atoms with E-state index in [2.05, 4.69) is 6.92 Å². The van der Waals surface area contributed by atoms with Crippen molar-refractivity contribution in [1.29, 1.82) is 0 Å². The van der Waals surface area contributed by atoms with Crippen LogP contribution in [0.25, 0.3) is 0 Å². The van der Waals surface area contributed by atoms with Crippen molar-refractivity contribution in [1.82, 2.24) is 0 Å². The molecule has 0 atom stereocenters. The van der Waals surface area contributed by atoms with Gasteiger partial charge in [-0.05, 0) is 12.8 Å². The Balaban J connectivity index is 1.88. The zero-order valence-electron chi connectivity index (χ0n) is 13.5. The number of unbranched alkanes of at least 4 members (excludes halogenated alkanes) is 8. The van der Waals surface area contributed by atoms with Gasteiger partial charge in [0.1, 0.15) is 0 Å². The normalized spacial score (nSPS) is 26.9. The van der Waals surface area contributed by atoms with Gasteiger partial charge in [-0.3, -0.25) is 0 Å². The molecule has 1 rings (SSSR count). The van der Waals surface area contributed by atoms with Crippen LogP contribution >= 0.6 is 0 Å². The highest BCUT2D eigenvalue weighted by Gasteiger charge is 2.31. The minimum Gasteiger partial charge on any atom is -0.396 e. The fraction of sp³-hybridized carbons (Fsp3) is 1.00. The number of hydrogen-bond acceptors (Lipinski definition) is 3. The topological polar surface area (TPSA) is 38.7 Å². The van der Waals surface area contributed by atoms with Crippen molar-refractivity contribution in [2.75, 3.05) is 19.8 Å². The summed E-state index contributed by atoms with van der Waals surface area (Å²) in [5, 5.41) is 9.23. The fourth-order valence-corrected chi connectivity index (χ4v) is 2.56. The van der Waals surface area contributed by atoms with Gasteiger partial charge in [0.2, 0.25) is 0 Å². The number of ether oxygens (including phenoxy) is 2. The van der Waals surface area contributed by atoms with Crippen LogP contribution in [-0.2, 0) is 9.47 Å². The van der Waals surface area contributed by atoms with E-state index in [-0.39, 0.29) is 18.3 Å². The molecule has 1 N–H and O–H groups in total. The van der Waals surface area contributed by atoms with Crippen molar-refractivity contribution in [3.8, 4) is 0 Å². The van der Waals surface area contributed by atoms with Crippen molar-refractivity contribution in [2.45, 2.75) is 84.3 Å². The standard InChI is InChI=1S/C17H34O3/c1-3-4-5-6-7-8-9-10-11-12-16-19-14-17(2,13-18)15-20-16/h16,18H,3-15H2,1-2H3. The summed E-state index contributed by atoms with van der Waals surface area (Å²) in [5.74, 6) is 0. The molecule has 0 bridgehead atoms. The van der Waals surface area contributed by atoms with E-state index in [0.717, 1.165) is 6.42 Å². The summed E-state index contributed by atoms with van der Waals surface area (Å²) in [5.41, 5.74) is -0.199. The molecule has 1 aliphatic rings. The molecule has 120 valence electrons. The largest absolute Gasteiger partial charge is 0.396 e. The predicted octanol–water partition coefficient (Wildman–Crippen LogP) is 4.28. The average Bonchev–Trinajstić information content (AvgIpc) is 2.47. The quantitative estimate of drug-likeness (QED) is 0.576. The van der Waals surface area contributed by atoms with Crippen molar-refractivity contribution in [3.05, 3.63) is 0 Å². The first-order valence-electron chi connectivity index (χ1n) is 8.54. The molecule has 0 aromatic rings. The monoisotopic (exact) mass is 286 g/mol. The summed E-state index contributed by atoms with van der Waals surface area (Å²) >= 11 is 0. The van der Waals surface area contributed by atoms with Gasteiger partial charge in [0.05, 0.1) is 19.8 Å². The van der Waals surface area contributed by atoms with E-state index in [0.29, 0.717) is 13.2 Å². The van der Waals surface area contributed by atoms with Crippen LogP contribution in [0.1, 0.15) is 78.1 Å². The molecule has 1 heterocycles. The molecule has 0 unspecified atom stereocenters. The van der Waals surface area contributed by atoms with E-state index < -0.39 is 0 Å². The number of hydrogen-bond donors (Lipinski definition) is 1. The summed E-state index contributed by atoms with van der Waals surface area (Å²) in [4.78, 5) is 0. The van der Waals surface area contributed by atoms with Gasteiger partial charge < -0.3 is 14.6 Å². The van der Waals surface area contributed by atoms with Crippen molar-refractivity contribution >= 4 is 0 Å². The molecule has 0 radical (unpaired) electrons. The van der Waals surface area contributed by atoms with Crippen LogP contribution in [0.3, 0.4) is 0 Å². The molecule has 0 saturated carbocycles. The third kappa shape index (κ3) is 7.61. The van der Waals surface area contributed by atoms with Gasteiger partial charge in [-0.1, -0.05) is 65.2 Å². The SMILES string of the molecule is CCCCCCCCCCCC1OCC(C)(CO)CO1. The Morgan fingerprint density at radius 2 is 1.40 bits per heavy atom. The smallest absolute Gasteiger partial charge is 0.157 e. The number of aliphatic hydroxyl groups is 1. The molecule has 0 aromatic heterocycles. The van der Waals surface area contributed by atoms with E-state index in [1.54, 1.807) is 0 Å². The Labute approximate surface area is 125 Å². The van der Waals surface area contributed by atoms with Crippen LogP contribution in [0.2, 0.25) is 0 Å². The second-order valence-corrected chi connectivity index (χ2v) is 6.64. The first-order chi connectivity index (χ1) is 9.70. The molecule has 0 amide bonds. The van der Waals surface area contributed by atoms with Crippen LogP contribution < -0.4 is 0 Å². The Morgan fingerprint density at radius 3 is 1.90 bits per heavy atom. The first kappa shape index (κ1) is 17.9. The van der Waals surface area contributed by atoms with Gasteiger partial charge >= 0.3 is 0 Å². The minimum atomic E-state index is -0.199. The zero-order chi connectivity index (χ0) is 14.7. The van der Waals surface area contributed by atoms with E-state index in [1.165, 1.54) is 57.8 Å². The second kappa shape index (κ2) is 10.6. The van der Waals surface area contributed by atoms with Gasteiger partial charge in [-0.15, -0.1) is 0 Å². The second-order valence-electron chi connectivity index (χ2n) is 6.64. The zero-order valence-corrected chi connectivity index (χ0v) is 13.5. The van der Waals surface area contributed by atoms with Gasteiger partial charge in [-0.25, -0.2) is 0 Å².